The lowest BCUT2D eigenvalue weighted by atomic mass is 10.2. The molecule has 2 aromatic rings. The average Bonchev–Trinajstić information content (AvgIpc) is 2.65. The van der Waals surface area contributed by atoms with Crippen molar-refractivity contribution in [3.8, 4) is 5.69 Å². The number of halogens is 1. The van der Waals surface area contributed by atoms with Crippen molar-refractivity contribution >= 4 is 15.9 Å². The summed E-state index contributed by atoms with van der Waals surface area (Å²) in [7, 11) is 0. The molecule has 0 saturated carbocycles. The summed E-state index contributed by atoms with van der Waals surface area (Å²) in [5.74, 6) is 0.903. The lowest BCUT2D eigenvalue weighted by Gasteiger charge is -2.05. The summed E-state index contributed by atoms with van der Waals surface area (Å²) in [4.78, 5) is 0. The first kappa shape index (κ1) is 11.3. The van der Waals surface area contributed by atoms with Gasteiger partial charge in [-0.05, 0) is 47.5 Å². The molecule has 1 heterocycles. The minimum atomic E-state index is 0.887. The van der Waals surface area contributed by atoms with Crippen molar-refractivity contribution in [2.45, 2.75) is 26.7 Å². The molecule has 0 saturated heterocycles. The third kappa shape index (κ3) is 2.29. The molecule has 1 aromatic carbocycles. The Morgan fingerprint density at radius 3 is 2.81 bits per heavy atom. The van der Waals surface area contributed by atoms with Crippen molar-refractivity contribution in [2.24, 2.45) is 0 Å². The van der Waals surface area contributed by atoms with Crippen molar-refractivity contribution < 1.29 is 0 Å². The predicted octanol–water partition coefficient (Wildman–Crippen LogP) is 2.69. The highest BCUT2D eigenvalue weighted by atomic mass is 79.9. The monoisotopic (exact) mass is 280 g/mol. The molecule has 16 heavy (non-hydrogen) atoms. The zero-order chi connectivity index (χ0) is 11.5. The van der Waals surface area contributed by atoms with Crippen LogP contribution in [0.2, 0.25) is 0 Å². The molecule has 0 spiro atoms. The lowest BCUT2D eigenvalue weighted by Crippen LogP contribution is -2.03. The van der Waals surface area contributed by atoms with Gasteiger partial charge in [-0.25, -0.2) is 0 Å². The second-order valence-corrected chi connectivity index (χ2v) is 4.66. The second-order valence-electron chi connectivity index (χ2n) is 3.74. The summed E-state index contributed by atoms with van der Waals surface area (Å²) in [6.07, 6.45) is 1.92. The summed E-state index contributed by atoms with van der Waals surface area (Å²) in [5, 5.41) is 11.8. The third-order valence-electron chi connectivity index (χ3n) is 2.28. The molecule has 0 amide bonds. The van der Waals surface area contributed by atoms with Gasteiger partial charge in [-0.1, -0.05) is 22.9 Å². The summed E-state index contributed by atoms with van der Waals surface area (Å²) in [6, 6.07) is 6.15. The van der Waals surface area contributed by atoms with Gasteiger partial charge in [0.15, 0.2) is 5.82 Å². The van der Waals surface area contributed by atoms with Crippen molar-refractivity contribution in [3.63, 3.8) is 0 Å². The van der Waals surface area contributed by atoms with Crippen molar-refractivity contribution in [1.29, 1.82) is 0 Å². The molecular formula is C11H13BrN4. The fraction of sp³-hybridized carbons (Fsp3) is 0.364. The number of aryl methyl sites for hydroxylation is 2. The van der Waals surface area contributed by atoms with Gasteiger partial charge in [0.05, 0.1) is 5.69 Å². The normalized spacial score (nSPS) is 10.7. The molecule has 0 aliphatic carbocycles. The van der Waals surface area contributed by atoms with E-state index in [1.807, 2.05) is 6.07 Å². The number of tetrazole rings is 1. The Kier molecular flexibility index (Phi) is 3.33. The van der Waals surface area contributed by atoms with Gasteiger partial charge in [-0.2, -0.15) is 4.68 Å². The molecule has 0 unspecified atom stereocenters. The van der Waals surface area contributed by atoms with Gasteiger partial charge in [0.2, 0.25) is 0 Å². The van der Waals surface area contributed by atoms with Gasteiger partial charge in [0, 0.05) is 10.9 Å². The molecule has 0 N–H and O–H groups in total. The van der Waals surface area contributed by atoms with Crippen LogP contribution in [0.4, 0.5) is 0 Å². The van der Waals surface area contributed by atoms with E-state index in [1.54, 1.807) is 4.68 Å². The Bertz CT molecular complexity index is 472. The van der Waals surface area contributed by atoms with Crippen LogP contribution in [0.1, 0.15) is 24.7 Å². The molecular weight excluding hydrogens is 268 g/mol. The van der Waals surface area contributed by atoms with Gasteiger partial charge in [0.1, 0.15) is 0 Å². The van der Waals surface area contributed by atoms with Gasteiger partial charge >= 0.3 is 0 Å². The highest BCUT2D eigenvalue weighted by Crippen LogP contribution is 2.18. The van der Waals surface area contributed by atoms with Gasteiger partial charge in [0.25, 0.3) is 0 Å². The van der Waals surface area contributed by atoms with E-state index in [0.717, 1.165) is 28.8 Å². The topological polar surface area (TPSA) is 43.6 Å². The van der Waals surface area contributed by atoms with Gasteiger partial charge in [-0.15, -0.1) is 5.10 Å². The van der Waals surface area contributed by atoms with Gasteiger partial charge in [-0.3, -0.25) is 0 Å². The molecule has 0 bridgehead atoms. The van der Waals surface area contributed by atoms with Crippen LogP contribution in [-0.4, -0.2) is 20.2 Å². The van der Waals surface area contributed by atoms with Crippen LogP contribution in [0.3, 0.4) is 0 Å². The van der Waals surface area contributed by atoms with E-state index in [1.165, 1.54) is 5.56 Å². The molecule has 84 valence electrons. The van der Waals surface area contributed by atoms with Crippen LogP contribution in [0.5, 0.6) is 0 Å². The highest BCUT2D eigenvalue weighted by molar-refractivity contribution is 9.10. The lowest BCUT2D eigenvalue weighted by molar-refractivity contribution is 0.744. The average molecular weight is 281 g/mol. The van der Waals surface area contributed by atoms with E-state index in [2.05, 4.69) is 57.4 Å². The SMILES string of the molecule is CCCc1nnnn1-c1cc(C)cc(Br)c1. The van der Waals surface area contributed by atoms with Crippen molar-refractivity contribution in [1.82, 2.24) is 20.2 Å². The number of hydrogen-bond acceptors (Lipinski definition) is 3. The summed E-state index contributed by atoms with van der Waals surface area (Å²) in [6.45, 7) is 4.17. The molecule has 0 atom stereocenters. The van der Waals surface area contributed by atoms with E-state index in [4.69, 9.17) is 0 Å². The van der Waals surface area contributed by atoms with Gasteiger partial charge < -0.3 is 0 Å². The molecule has 5 heteroatoms. The Morgan fingerprint density at radius 1 is 1.31 bits per heavy atom. The standard InChI is InChI=1S/C11H13BrN4/c1-3-4-11-13-14-15-16(11)10-6-8(2)5-9(12)7-10/h5-7H,3-4H2,1-2H3. The van der Waals surface area contributed by atoms with E-state index < -0.39 is 0 Å². The number of hydrogen-bond donors (Lipinski definition) is 0. The maximum atomic E-state index is 4.03. The fourth-order valence-corrected chi connectivity index (χ4v) is 2.22. The number of nitrogens with zero attached hydrogens (tertiary/aromatic N) is 4. The van der Waals surface area contributed by atoms with Crippen LogP contribution in [0.25, 0.3) is 5.69 Å². The van der Waals surface area contributed by atoms with Crippen LogP contribution in [0, 0.1) is 6.92 Å². The first-order valence-electron chi connectivity index (χ1n) is 5.25. The molecule has 0 fully saturated rings. The fourth-order valence-electron chi connectivity index (χ4n) is 1.63. The van der Waals surface area contributed by atoms with Crippen LogP contribution in [0.15, 0.2) is 22.7 Å². The Labute approximate surface area is 103 Å². The van der Waals surface area contributed by atoms with Crippen LogP contribution < -0.4 is 0 Å². The smallest absolute Gasteiger partial charge is 0.156 e. The molecule has 0 aliphatic heterocycles. The van der Waals surface area contributed by atoms with Crippen LogP contribution >= 0.6 is 15.9 Å². The van der Waals surface area contributed by atoms with E-state index >= 15 is 0 Å². The molecule has 0 aliphatic rings. The molecule has 2 rings (SSSR count). The third-order valence-corrected chi connectivity index (χ3v) is 2.74. The molecule has 1 aromatic heterocycles. The first-order chi connectivity index (χ1) is 7.70. The van der Waals surface area contributed by atoms with Crippen molar-refractivity contribution in [3.05, 3.63) is 34.1 Å². The Hall–Kier alpha value is -1.23. The zero-order valence-corrected chi connectivity index (χ0v) is 10.9. The minimum Gasteiger partial charge on any atom is -0.197 e. The minimum absolute atomic E-state index is 0.887. The molecule has 0 radical (unpaired) electrons. The second kappa shape index (κ2) is 4.74. The summed E-state index contributed by atoms with van der Waals surface area (Å²) in [5.41, 5.74) is 2.18. The molecule has 4 nitrogen and oxygen atoms in total. The quantitative estimate of drug-likeness (QED) is 0.868. The highest BCUT2D eigenvalue weighted by Gasteiger charge is 2.07. The number of benzene rings is 1. The first-order valence-corrected chi connectivity index (χ1v) is 6.05. The van der Waals surface area contributed by atoms with Crippen LogP contribution in [-0.2, 0) is 6.42 Å². The van der Waals surface area contributed by atoms with E-state index in [9.17, 15) is 0 Å². The summed E-state index contributed by atoms with van der Waals surface area (Å²) >= 11 is 3.48. The Balaban J connectivity index is 2.45. The van der Waals surface area contributed by atoms with Crippen molar-refractivity contribution in [2.75, 3.05) is 0 Å². The largest absolute Gasteiger partial charge is 0.197 e. The maximum absolute atomic E-state index is 4.03. The summed E-state index contributed by atoms with van der Waals surface area (Å²) < 4.78 is 2.83. The number of rotatable bonds is 3. The Morgan fingerprint density at radius 2 is 2.12 bits per heavy atom. The maximum Gasteiger partial charge on any atom is 0.156 e. The van der Waals surface area contributed by atoms with E-state index in [-0.39, 0.29) is 0 Å². The zero-order valence-electron chi connectivity index (χ0n) is 9.31. The predicted molar refractivity (Wildman–Crippen MR) is 65.6 cm³/mol. The van der Waals surface area contributed by atoms with E-state index in [0.29, 0.717) is 0 Å². The number of aromatic nitrogens is 4.